The maximum absolute atomic E-state index is 12.3. The Hall–Kier alpha value is -2.30. The fourth-order valence-electron chi connectivity index (χ4n) is 2.19. The van der Waals surface area contributed by atoms with Gasteiger partial charge in [-0.25, -0.2) is 0 Å². The topological polar surface area (TPSA) is 85.3 Å². The van der Waals surface area contributed by atoms with E-state index in [1.54, 1.807) is 6.92 Å². The quantitative estimate of drug-likeness (QED) is 0.884. The molecule has 3 N–H and O–H groups in total. The van der Waals surface area contributed by atoms with E-state index in [0.29, 0.717) is 5.76 Å². The summed E-state index contributed by atoms with van der Waals surface area (Å²) in [6, 6.07) is 8.73. The number of primary amides is 1. The number of furan rings is 1. The van der Waals surface area contributed by atoms with Crippen LogP contribution in [0, 0.1) is 5.92 Å². The van der Waals surface area contributed by atoms with Gasteiger partial charge in [0.15, 0.2) is 0 Å². The van der Waals surface area contributed by atoms with Gasteiger partial charge in [0, 0.05) is 5.39 Å². The SMILES string of the molecule is CC(C)[C@@H](NC(=O)[C@@H](C)c1cc2ccccc2o1)C(N)=O. The molecule has 5 heteroatoms. The van der Waals surface area contributed by atoms with Crippen LogP contribution in [0.25, 0.3) is 11.0 Å². The lowest BCUT2D eigenvalue weighted by Crippen LogP contribution is -2.48. The van der Waals surface area contributed by atoms with Gasteiger partial charge in [-0.1, -0.05) is 32.0 Å². The van der Waals surface area contributed by atoms with Crippen molar-refractivity contribution in [2.75, 3.05) is 0 Å². The van der Waals surface area contributed by atoms with Crippen LogP contribution in [-0.2, 0) is 9.59 Å². The zero-order valence-electron chi connectivity index (χ0n) is 12.4. The first-order valence-electron chi connectivity index (χ1n) is 6.98. The number of benzene rings is 1. The van der Waals surface area contributed by atoms with Crippen LogP contribution in [0.2, 0.25) is 0 Å². The van der Waals surface area contributed by atoms with Gasteiger partial charge in [0.1, 0.15) is 17.4 Å². The van der Waals surface area contributed by atoms with E-state index in [1.807, 2.05) is 44.2 Å². The highest BCUT2D eigenvalue weighted by Gasteiger charge is 2.26. The Morgan fingerprint density at radius 3 is 2.43 bits per heavy atom. The Balaban J connectivity index is 2.16. The van der Waals surface area contributed by atoms with E-state index in [1.165, 1.54) is 0 Å². The minimum absolute atomic E-state index is 0.0608. The highest BCUT2D eigenvalue weighted by molar-refractivity contribution is 5.90. The molecule has 5 nitrogen and oxygen atoms in total. The molecule has 1 heterocycles. The molecule has 2 atom stereocenters. The van der Waals surface area contributed by atoms with Gasteiger partial charge in [0.2, 0.25) is 11.8 Å². The molecule has 21 heavy (non-hydrogen) atoms. The third kappa shape index (κ3) is 3.24. The molecule has 1 aromatic carbocycles. The van der Waals surface area contributed by atoms with E-state index >= 15 is 0 Å². The first kappa shape index (κ1) is 15.1. The van der Waals surface area contributed by atoms with Crippen molar-refractivity contribution in [2.45, 2.75) is 32.7 Å². The highest BCUT2D eigenvalue weighted by Crippen LogP contribution is 2.25. The van der Waals surface area contributed by atoms with E-state index in [9.17, 15) is 9.59 Å². The van der Waals surface area contributed by atoms with Gasteiger partial charge in [-0.2, -0.15) is 0 Å². The van der Waals surface area contributed by atoms with Gasteiger partial charge < -0.3 is 15.5 Å². The zero-order valence-corrected chi connectivity index (χ0v) is 12.4. The Kier molecular flexibility index (Phi) is 4.31. The van der Waals surface area contributed by atoms with E-state index in [-0.39, 0.29) is 11.8 Å². The van der Waals surface area contributed by atoms with Gasteiger partial charge >= 0.3 is 0 Å². The van der Waals surface area contributed by atoms with E-state index < -0.39 is 17.9 Å². The third-order valence-electron chi connectivity index (χ3n) is 3.54. The van der Waals surface area contributed by atoms with Crippen molar-refractivity contribution >= 4 is 22.8 Å². The number of carbonyl (C=O) groups is 2. The Morgan fingerprint density at radius 1 is 1.19 bits per heavy atom. The second-order valence-corrected chi connectivity index (χ2v) is 5.54. The number of nitrogens with one attached hydrogen (secondary N) is 1. The van der Waals surface area contributed by atoms with Crippen molar-refractivity contribution in [1.29, 1.82) is 0 Å². The number of nitrogens with two attached hydrogens (primary N) is 1. The number of rotatable bonds is 5. The molecule has 2 rings (SSSR count). The Morgan fingerprint density at radius 2 is 1.86 bits per heavy atom. The van der Waals surface area contributed by atoms with E-state index in [4.69, 9.17) is 10.2 Å². The van der Waals surface area contributed by atoms with Crippen molar-refractivity contribution in [2.24, 2.45) is 11.7 Å². The van der Waals surface area contributed by atoms with Crippen LogP contribution in [0.3, 0.4) is 0 Å². The molecular formula is C16H20N2O3. The van der Waals surface area contributed by atoms with Crippen LogP contribution < -0.4 is 11.1 Å². The summed E-state index contributed by atoms with van der Waals surface area (Å²) in [7, 11) is 0. The summed E-state index contributed by atoms with van der Waals surface area (Å²) in [4.78, 5) is 23.6. The lowest BCUT2D eigenvalue weighted by atomic mass is 10.0. The predicted octanol–water partition coefficient (Wildman–Crippen LogP) is 2.16. The average Bonchev–Trinajstić information content (AvgIpc) is 2.86. The minimum atomic E-state index is -0.677. The summed E-state index contributed by atoms with van der Waals surface area (Å²) in [6.07, 6.45) is 0. The Labute approximate surface area is 123 Å². The van der Waals surface area contributed by atoms with E-state index in [0.717, 1.165) is 11.0 Å². The number of amides is 2. The maximum Gasteiger partial charge on any atom is 0.240 e. The Bertz CT molecular complexity index is 627. The van der Waals surface area contributed by atoms with Crippen LogP contribution in [-0.4, -0.2) is 17.9 Å². The molecule has 2 amide bonds. The standard InChI is InChI=1S/C16H20N2O3/c1-9(2)14(15(17)19)18-16(20)10(3)13-8-11-6-4-5-7-12(11)21-13/h4-10,14H,1-3H3,(H2,17,19)(H,18,20)/t10-,14+/m0/s1. The first-order valence-corrected chi connectivity index (χ1v) is 6.98. The van der Waals surface area contributed by atoms with E-state index in [2.05, 4.69) is 5.32 Å². The molecule has 1 aromatic heterocycles. The molecule has 0 aliphatic rings. The monoisotopic (exact) mass is 288 g/mol. The lowest BCUT2D eigenvalue weighted by molar-refractivity contribution is -0.129. The van der Waals surface area contributed by atoms with Crippen molar-refractivity contribution in [3.63, 3.8) is 0 Å². The number of hydrogen-bond acceptors (Lipinski definition) is 3. The van der Waals surface area contributed by atoms with Crippen LogP contribution in [0.5, 0.6) is 0 Å². The summed E-state index contributed by atoms with van der Waals surface area (Å²) >= 11 is 0. The summed E-state index contributed by atoms with van der Waals surface area (Å²) in [5.74, 6) is -0.783. The number of para-hydroxylation sites is 1. The van der Waals surface area contributed by atoms with Crippen LogP contribution in [0.15, 0.2) is 34.7 Å². The van der Waals surface area contributed by atoms with Crippen molar-refractivity contribution in [3.8, 4) is 0 Å². The smallest absolute Gasteiger partial charge is 0.240 e. The van der Waals surface area contributed by atoms with Crippen LogP contribution in [0.1, 0.15) is 32.4 Å². The summed E-state index contributed by atoms with van der Waals surface area (Å²) in [5.41, 5.74) is 6.05. The van der Waals surface area contributed by atoms with Gasteiger partial charge in [0.05, 0.1) is 5.92 Å². The highest BCUT2D eigenvalue weighted by atomic mass is 16.3. The van der Waals surface area contributed by atoms with Crippen LogP contribution >= 0.6 is 0 Å². The molecule has 0 saturated carbocycles. The number of carbonyl (C=O) groups excluding carboxylic acids is 2. The molecule has 0 saturated heterocycles. The molecule has 2 aromatic rings. The lowest BCUT2D eigenvalue weighted by Gasteiger charge is -2.20. The normalized spacial score (nSPS) is 14.1. The summed E-state index contributed by atoms with van der Waals surface area (Å²) < 4.78 is 5.68. The largest absolute Gasteiger partial charge is 0.460 e. The molecule has 0 unspecified atom stereocenters. The molecule has 0 aliphatic carbocycles. The third-order valence-corrected chi connectivity index (χ3v) is 3.54. The van der Waals surface area contributed by atoms with Gasteiger partial charge in [-0.15, -0.1) is 0 Å². The molecule has 0 bridgehead atoms. The van der Waals surface area contributed by atoms with Crippen molar-refractivity contribution in [1.82, 2.24) is 5.32 Å². The fourth-order valence-corrected chi connectivity index (χ4v) is 2.19. The maximum atomic E-state index is 12.3. The van der Waals surface area contributed by atoms with Gasteiger partial charge in [0.25, 0.3) is 0 Å². The summed E-state index contributed by atoms with van der Waals surface area (Å²) in [5, 5.41) is 3.63. The predicted molar refractivity (Wildman–Crippen MR) is 80.6 cm³/mol. The number of hydrogen-bond donors (Lipinski definition) is 2. The van der Waals surface area contributed by atoms with Crippen molar-refractivity contribution in [3.05, 3.63) is 36.1 Å². The van der Waals surface area contributed by atoms with Crippen LogP contribution in [0.4, 0.5) is 0 Å². The number of fused-ring (bicyclic) bond motifs is 1. The molecule has 0 spiro atoms. The second kappa shape index (κ2) is 5.99. The fraction of sp³-hybridized carbons (Fsp3) is 0.375. The molecule has 0 fully saturated rings. The summed E-state index contributed by atoms with van der Waals surface area (Å²) in [6.45, 7) is 5.41. The second-order valence-electron chi connectivity index (χ2n) is 5.54. The van der Waals surface area contributed by atoms with Gasteiger partial charge in [-0.3, -0.25) is 9.59 Å². The first-order chi connectivity index (χ1) is 9.90. The zero-order chi connectivity index (χ0) is 15.6. The van der Waals surface area contributed by atoms with Gasteiger partial charge in [-0.05, 0) is 25.0 Å². The molecule has 112 valence electrons. The minimum Gasteiger partial charge on any atom is -0.460 e. The molecule has 0 aliphatic heterocycles. The average molecular weight is 288 g/mol. The molecular weight excluding hydrogens is 268 g/mol. The molecule has 0 radical (unpaired) electrons. The van der Waals surface area contributed by atoms with Crippen molar-refractivity contribution < 1.29 is 14.0 Å².